The topological polar surface area (TPSA) is 37.3 Å². The maximum Gasteiger partial charge on any atom is 0.330 e. The van der Waals surface area contributed by atoms with Crippen molar-refractivity contribution in [2.24, 2.45) is 0 Å². The first-order valence-electron chi connectivity index (χ1n) is 3.95. The summed E-state index contributed by atoms with van der Waals surface area (Å²) < 4.78 is 0. The van der Waals surface area contributed by atoms with Gasteiger partial charge < -0.3 is 5.11 Å². The Kier molecular flexibility index (Phi) is 9.08. The first kappa shape index (κ1) is 13.5. The molecule has 0 saturated carbocycles. The molecule has 0 saturated heterocycles. The number of aliphatic carboxylic acids is 1. The van der Waals surface area contributed by atoms with Crippen molar-refractivity contribution in [2.75, 3.05) is 0 Å². The molecule has 0 atom stereocenters. The highest BCUT2D eigenvalue weighted by molar-refractivity contribution is 5.85. The zero-order valence-electron chi connectivity index (χ0n) is 8.18. The van der Waals surface area contributed by atoms with Gasteiger partial charge in [0.1, 0.15) is 0 Å². The molecule has 0 amide bonds. The zero-order valence-corrected chi connectivity index (χ0v) is 8.18. The summed E-state index contributed by atoms with van der Waals surface area (Å²) in [4.78, 5) is 9.99. The van der Waals surface area contributed by atoms with Crippen LogP contribution in [0.5, 0.6) is 0 Å². The van der Waals surface area contributed by atoms with Gasteiger partial charge in [0.05, 0.1) is 0 Å². The monoisotopic (exact) mass is 170 g/mol. The van der Waals surface area contributed by atoms with E-state index in [9.17, 15) is 4.79 Å². The molecule has 70 valence electrons. The van der Waals surface area contributed by atoms with Crippen LogP contribution in [0, 0.1) is 0 Å². The number of carboxylic acids is 1. The van der Waals surface area contributed by atoms with Crippen LogP contribution in [0.1, 0.15) is 33.6 Å². The van der Waals surface area contributed by atoms with E-state index in [0.29, 0.717) is 12.0 Å². The van der Waals surface area contributed by atoms with Crippen molar-refractivity contribution in [1.29, 1.82) is 0 Å². The Hall–Kier alpha value is -1.05. The number of rotatable bonds is 3. The van der Waals surface area contributed by atoms with Crippen LogP contribution in [0.15, 0.2) is 24.3 Å². The summed E-state index contributed by atoms with van der Waals surface area (Å²) in [5.74, 6) is -0.883. The molecule has 0 fully saturated rings. The van der Waals surface area contributed by atoms with Gasteiger partial charge in [0, 0.05) is 5.57 Å². The van der Waals surface area contributed by atoms with E-state index in [4.69, 9.17) is 5.11 Å². The van der Waals surface area contributed by atoms with Gasteiger partial charge in [-0.05, 0) is 20.3 Å². The minimum atomic E-state index is -0.883. The molecule has 0 aliphatic rings. The summed E-state index contributed by atoms with van der Waals surface area (Å²) in [6.45, 7) is 12.8. The second-order valence-corrected chi connectivity index (χ2v) is 2.87. The molecule has 0 aromatic heterocycles. The second kappa shape index (κ2) is 8.05. The zero-order chi connectivity index (χ0) is 10.1. The molecular formula is C10H18O2. The highest BCUT2D eigenvalue weighted by Gasteiger charge is 1.99. The van der Waals surface area contributed by atoms with Gasteiger partial charge >= 0.3 is 5.97 Å². The third-order valence-corrected chi connectivity index (χ3v) is 0.854. The summed E-state index contributed by atoms with van der Waals surface area (Å²) in [6.07, 6.45) is 1.44. The third kappa shape index (κ3) is 16.0. The predicted molar refractivity (Wildman–Crippen MR) is 52.2 cm³/mol. The van der Waals surface area contributed by atoms with Crippen molar-refractivity contribution in [3.8, 4) is 0 Å². The SMILES string of the molecule is C=C(C)C.C=C(CCC)C(=O)O. The van der Waals surface area contributed by atoms with Crippen LogP contribution in [-0.2, 0) is 4.79 Å². The fourth-order valence-corrected chi connectivity index (χ4v) is 0.409. The van der Waals surface area contributed by atoms with Gasteiger partial charge in [-0.25, -0.2) is 4.79 Å². The average Bonchev–Trinajstić information content (AvgIpc) is 1.86. The lowest BCUT2D eigenvalue weighted by Gasteiger charge is -1.92. The molecule has 0 aromatic carbocycles. The Morgan fingerprint density at radius 3 is 1.75 bits per heavy atom. The highest BCUT2D eigenvalue weighted by Crippen LogP contribution is 1.99. The third-order valence-electron chi connectivity index (χ3n) is 0.854. The van der Waals surface area contributed by atoms with E-state index in [2.05, 4.69) is 13.2 Å². The van der Waals surface area contributed by atoms with Crippen molar-refractivity contribution < 1.29 is 9.90 Å². The van der Waals surface area contributed by atoms with Gasteiger partial charge in [0.25, 0.3) is 0 Å². The lowest BCUT2D eigenvalue weighted by Crippen LogP contribution is -1.97. The van der Waals surface area contributed by atoms with Crippen LogP contribution in [0.3, 0.4) is 0 Å². The number of allylic oxidation sites excluding steroid dienone is 1. The van der Waals surface area contributed by atoms with Crippen LogP contribution in [0.25, 0.3) is 0 Å². The molecule has 0 bridgehead atoms. The molecule has 0 unspecified atom stereocenters. The molecule has 0 radical (unpaired) electrons. The number of carbonyl (C=O) groups is 1. The fraction of sp³-hybridized carbons (Fsp3) is 0.500. The smallest absolute Gasteiger partial charge is 0.330 e. The van der Waals surface area contributed by atoms with Crippen molar-refractivity contribution in [3.63, 3.8) is 0 Å². The van der Waals surface area contributed by atoms with Gasteiger partial charge in [-0.15, -0.1) is 6.58 Å². The van der Waals surface area contributed by atoms with E-state index in [1.807, 2.05) is 20.8 Å². The Morgan fingerprint density at radius 1 is 1.33 bits per heavy atom. The summed E-state index contributed by atoms with van der Waals surface area (Å²) in [6, 6.07) is 0. The number of carboxylic acid groups (broad SMARTS) is 1. The molecule has 0 aromatic rings. The number of hydrogen-bond acceptors (Lipinski definition) is 1. The average molecular weight is 170 g/mol. The maximum atomic E-state index is 9.99. The van der Waals surface area contributed by atoms with E-state index in [0.717, 1.165) is 6.42 Å². The Balaban J connectivity index is 0. The first-order valence-corrected chi connectivity index (χ1v) is 3.95. The molecule has 2 heteroatoms. The minimum Gasteiger partial charge on any atom is -0.478 e. The molecular weight excluding hydrogens is 152 g/mol. The lowest BCUT2D eigenvalue weighted by molar-refractivity contribution is -0.132. The lowest BCUT2D eigenvalue weighted by atomic mass is 10.2. The Bertz CT molecular complexity index is 165. The molecule has 12 heavy (non-hydrogen) atoms. The Labute approximate surface area is 74.6 Å². The maximum absolute atomic E-state index is 9.99. The van der Waals surface area contributed by atoms with Crippen LogP contribution in [0.4, 0.5) is 0 Å². The van der Waals surface area contributed by atoms with Gasteiger partial charge in [-0.3, -0.25) is 0 Å². The van der Waals surface area contributed by atoms with Gasteiger partial charge in [-0.1, -0.05) is 25.5 Å². The van der Waals surface area contributed by atoms with E-state index < -0.39 is 5.97 Å². The van der Waals surface area contributed by atoms with Gasteiger partial charge in [0.15, 0.2) is 0 Å². The van der Waals surface area contributed by atoms with Crippen LogP contribution < -0.4 is 0 Å². The van der Waals surface area contributed by atoms with Crippen molar-refractivity contribution in [1.82, 2.24) is 0 Å². The van der Waals surface area contributed by atoms with Gasteiger partial charge in [-0.2, -0.15) is 0 Å². The van der Waals surface area contributed by atoms with Gasteiger partial charge in [0.2, 0.25) is 0 Å². The van der Waals surface area contributed by atoms with E-state index in [-0.39, 0.29) is 0 Å². The van der Waals surface area contributed by atoms with Crippen LogP contribution in [0.2, 0.25) is 0 Å². The quantitative estimate of drug-likeness (QED) is 0.522. The molecule has 0 aliphatic heterocycles. The largest absolute Gasteiger partial charge is 0.478 e. The second-order valence-electron chi connectivity index (χ2n) is 2.87. The van der Waals surface area contributed by atoms with E-state index >= 15 is 0 Å². The molecule has 0 heterocycles. The van der Waals surface area contributed by atoms with Crippen molar-refractivity contribution >= 4 is 5.97 Å². The normalized spacial score (nSPS) is 7.92. The Morgan fingerprint density at radius 2 is 1.67 bits per heavy atom. The molecule has 0 spiro atoms. The van der Waals surface area contributed by atoms with Crippen LogP contribution in [-0.4, -0.2) is 11.1 Å². The van der Waals surface area contributed by atoms with E-state index in [1.165, 1.54) is 5.57 Å². The number of hydrogen-bond donors (Lipinski definition) is 1. The van der Waals surface area contributed by atoms with Crippen molar-refractivity contribution in [3.05, 3.63) is 24.3 Å². The fourth-order valence-electron chi connectivity index (χ4n) is 0.409. The van der Waals surface area contributed by atoms with Crippen molar-refractivity contribution in [2.45, 2.75) is 33.6 Å². The predicted octanol–water partition coefficient (Wildman–Crippen LogP) is 3.01. The summed E-state index contributed by atoms with van der Waals surface area (Å²) in [5, 5.41) is 8.21. The summed E-state index contributed by atoms with van der Waals surface area (Å²) in [7, 11) is 0. The van der Waals surface area contributed by atoms with Crippen LogP contribution >= 0.6 is 0 Å². The standard InChI is InChI=1S/C6H10O2.C4H8/c1-3-4-5(2)6(7)8;1-4(2)3/h2-4H2,1H3,(H,7,8);1H2,2-3H3. The molecule has 1 N–H and O–H groups in total. The molecule has 0 rings (SSSR count). The summed E-state index contributed by atoms with van der Waals surface area (Å²) >= 11 is 0. The minimum absolute atomic E-state index is 0.299. The summed E-state index contributed by atoms with van der Waals surface area (Å²) in [5.41, 5.74) is 1.47. The highest BCUT2D eigenvalue weighted by atomic mass is 16.4. The molecule has 0 aliphatic carbocycles. The molecule has 2 nitrogen and oxygen atoms in total. The van der Waals surface area contributed by atoms with E-state index in [1.54, 1.807) is 0 Å². The first-order chi connectivity index (χ1) is 5.41.